The van der Waals surface area contributed by atoms with Gasteiger partial charge in [0.2, 0.25) is 0 Å². The summed E-state index contributed by atoms with van der Waals surface area (Å²) in [7, 11) is 3.86. The van der Waals surface area contributed by atoms with Crippen molar-refractivity contribution in [2.24, 2.45) is 0 Å². The molecule has 18 heavy (non-hydrogen) atoms. The van der Waals surface area contributed by atoms with Gasteiger partial charge >= 0.3 is 5.97 Å². The summed E-state index contributed by atoms with van der Waals surface area (Å²) in [4.78, 5) is 17.4. The van der Waals surface area contributed by atoms with Gasteiger partial charge in [0.05, 0.1) is 23.1 Å². The molecule has 0 atom stereocenters. The number of anilines is 1. The molecule has 0 saturated heterocycles. The third-order valence-corrected chi connectivity index (χ3v) is 2.70. The minimum Gasteiger partial charge on any atom is -0.478 e. The van der Waals surface area contributed by atoms with Crippen LogP contribution in [0.3, 0.4) is 0 Å². The van der Waals surface area contributed by atoms with Gasteiger partial charge < -0.3 is 10.0 Å². The monoisotopic (exact) mass is 242 g/mol. The fraction of sp³-hybridized carbons (Fsp3) is 0.143. The van der Waals surface area contributed by atoms with Crippen LogP contribution < -0.4 is 4.90 Å². The average molecular weight is 242 g/mol. The average Bonchev–Trinajstić information content (AvgIpc) is 2.39. The maximum atomic E-state index is 11.1. The van der Waals surface area contributed by atoms with Gasteiger partial charge in [-0.2, -0.15) is 0 Å². The Morgan fingerprint density at radius 3 is 2.44 bits per heavy atom. The molecule has 0 aliphatic heterocycles. The van der Waals surface area contributed by atoms with Crippen molar-refractivity contribution in [2.75, 3.05) is 19.0 Å². The number of aromatic carboxylic acids is 1. The highest BCUT2D eigenvalue weighted by molar-refractivity contribution is 5.95. The molecule has 92 valence electrons. The van der Waals surface area contributed by atoms with Crippen molar-refractivity contribution in [2.45, 2.75) is 0 Å². The van der Waals surface area contributed by atoms with Crippen LogP contribution in [0.5, 0.6) is 0 Å². The van der Waals surface area contributed by atoms with Crippen LogP contribution >= 0.6 is 0 Å². The van der Waals surface area contributed by atoms with Crippen LogP contribution in [0.15, 0.2) is 42.6 Å². The number of carboxylic acids is 1. The highest BCUT2D eigenvalue weighted by Gasteiger charge is 2.11. The van der Waals surface area contributed by atoms with Gasteiger partial charge in [-0.3, -0.25) is 4.98 Å². The fourth-order valence-corrected chi connectivity index (χ4v) is 1.70. The van der Waals surface area contributed by atoms with Crippen molar-refractivity contribution >= 4 is 11.7 Å². The summed E-state index contributed by atoms with van der Waals surface area (Å²) in [6.45, 7) is 0. The van der Waals surface area contributed by atoms with Gasteiger partial charge in [-0.1, -0.05) is 18.2 Å². The largest absolute Gasteiger partial charge is 0.478 e. The molecule has 1 aromatic heterocycles. The number of nitrogens with zero attached hydrogens (tertiary/aromatic N) is 2. The smallest absolute Gasteiger partial charge is 0.336 e. The maximum Gasteiger partial charge on any atom is 0.336 e. The molecule has 2 rings (SSSR count). The van der Waals surface area contributed by atoms with Crippen molar-refractivity contribution < 1.29 is 9.90 Å². The topological polar surface area (TPSA) is 53.4 Å². The first-order chi connectivity index (χ1) is 8.59. The molecule has 4 nitrogen and oxygen atoms in total. The van der Waals surface area contributed by atoms with Crippen molar-refractivity contribution in [3.05, 3.63) is 48.2 Å². The number of hydrogen-bond acceptors (Lipinski definition) is 3. The number of carboxylic acid groups (broad SMARTS) is 1. The second-order valence-corrected chi connectivity index (χ2v) is 4.15. The predicted molar refractivity (Wildman–Crippen MR) is 71.0 cm³/mol. The van der Waals surface area contributed by atoms with Crippen LogP contribution in [-0.4, -0.2) is 30.2 Å². The van der Waals surface area contributed by atoms with Gasteiger partial charge in [-0.05, 0) is 18.2 Å². The van der Waals surface area contributed by atoms with E-state index in [0.717, 1.165) is 5.69 Å². The molecule has 4 heteroatoms. The second kappa shape index (κ2) is 4.87. The van der Waals surface area contributed by atoms with Gasteiger partial charge in [0.15, 0.2) is 0 Å². The van der Waals surface area contributed by atoms with Gasteiger partial charge in [0.25, 0.3) is 0 Å². The number of carbonyl (C=O) groups is 1. The van der Waals surface area contributed by atoms with Gasteiger partial charge in [0, 0.05) is 19.7 Å². The predicted octanol–water partition coefficient (Wildman–Crippen LogP) is 2.51. The zero-order valence-corrected chi connectivity index (χ0v) is 10.3. The van der Waals surface area contributed by atoms with Crippen molar-refractivity contribution in [3.8, 4) is 11.3 Å². The summed E-state index contributed by atoms with van der Waals surface area (Å²) < 4.78 is 0. The maximum absolute atomic E-state index is 11.1. The number of hydrogen-bond donors (Lipinski definition) is 1. The van der Waals surface area contributed by atoms with Crippen molar-refractivity contribution in [3.63, 3.8) is 0 Å². The molecular weight excluding hydrogens is 228 g/mol. The number of rotatable bonds is 3. The summed E-state index contributed by atoms with van der Waals surface area (Å²) in [6.07, 6.45) is 1.73. The number of pyridine rings is 1. The minimum atomic E-state index is -0.941. The van der Waals surface area contributed by atoms with Crippen LogP contribution in [0.4, 0.5) is 5.69 Å². The highest BCUT2D eigenvalue weighted by Crippen LogP contribution is 2.23. The summed E-state index contributed by atoms with van der Waals surface area (Å²) in [5.41, 5.74) is 2.54. The zero-order valence-electron chi connectivity index (χ0n) is 10.3. The van der Waals surface area contributed by atoms with E-state index in [4.69, 9.17) is 5.11 Å². The summed E-state index contributed by atoms with van der Waals surface area (Å²) in [6, 6.07) is 10.6. The fourth-order valence-electron chi connectivity index (χ4n) is 1.70. The Balaban J connectivity index is 2.46. The Bertz CT molecular complexity index is 562. The molecular formula is C14H14N2O2. The Morgan fingerprint density at radius 2 is 1.89 bits per heavy atom. The Kier molecular flexibility index (Phi) is 3.28. The molecule has 0 aliphatic carbocycles. The first kappa shape index (κ1) is 12.1. The van der Waals surface area contributed by atoms with Crippen molar-refractivity contribution in [1.82, 2.24) is 4.98 Å². The van der Waals surface area contributed by atoms with E-state index in [1.165, 1.54) is 0 Å². The van der Waals surface area contributed by atoms with E-state index in [-0.39, 0.29) is 5.56 Å². The molecule has 0 radical (unpaired) electrons. The Morgan fingerprint density at radius 1 is 1.17 bits per heavy atom. The lowest BCUT2D eigenvalue weighted by atomic mass is 10.0. The van der Waals surface area contributed by atoms with Gasteiger partial charge in [-0.25, -0.2) is 4.79 Å². The molecule has 0 aliphatic rings. The van der Waals surface area contributed by atoms with Crippen molar-refractivity contribution in [1.29, 1.82) is 0 Å². The lowest BCUT2D eigenvalue weighted by Gasteiger charge is -2.12. The zero-order chi connectivity index (χ0) is 13.1. The summed E-state index contributed by atoms with van der Waals surface area (Å²) in [5.74, 6) is -0.941. The number of aromatic nitrogens is 1. The summed E-state index contributed by atoms with van der Waals surface area (Å²) in [5, 5.41) is 9.13. The summed E-state index contributed by atoms with van der Waals surface area (Å²) >= 11 is 0. The first-order valence-electron chi connectivity index (χ1n) is 5.55. The van der Waals surface area contributed by atoms with Crippen LogP contribution in [0.1, 0.15) is 10.4 Å². The Labute approximate surface area is 106 Å². The van der Waals surface area contributed by atoms with Gasteiger partial charge in [0.1, 0.15) is 0 Å². The molecule has 0 fully saturated rings. The van der Waals surface area contributed by atoms with E-state index in [1.54, 1.807) is 24.4 Å². The van der Waals surface area contributed by atoms with E-state index in [2.05, 4.69) is 4.98 Å². The quantitative estimate of drug-likeness (QED) is 0.898. The lowest BCUT2D eigenvalue weighted by Crippen LogP contribution is -2.08. The van der Waals surface area contributed by atoms with Crippen LogP contribution in [-0.2, 0) is 0 Å². The third-order valence-electron chi connectivity index (χ3n) is 2.70. The molecule has 1 N–H and O–H groups in total. The van der Waals surface area contributed by atoms with E-state index < -0.39 is 5.97 Å². The van der Waals surface area contributed by atoms with Crippen LogP contribution in [0.2, 0.25) is 0 Å². The SMILES string of the molecule is CN(C)c1ccc(-c2ccccc2C(=O)O)nc1. The van der Waals surface area contributed by atoms with Crippen LogP contribution in [0, 0.1) is 0 Å². The van der Waals surface area contributed by atoms with E-state index in [1.807, 2.05) is 37.2 Å². The molecule has 1 aromatic carbocycles. The molecule has 0 amide bonds. The second-order valence-electron chi connectivity index (χ2n) is 4.15. The van der Waals surface area contributed by atoms with E-state index in [0.29, 0.717) is 11.3 Å². The van der Waals surface area contributed by atoms with E-state index in [9.17, 15) is 4.79 Å². The standard InChI is InChI=1S/C14H14N2O2/c1-16(2)10-7-8-13(15-9-10)11-5-3-4-6-12(11)14(17)18/h3-9H,1-2H3,(H,17,18). The molecule has 2 aromatic rings. The molecule has 1 heterocycles. The van der Waals surface area contributed by atoms with E-state index >= 15 is 0 Å². The lowest BCUT2D eigenvalue weighted by molar-refractivity contribution is 0.0697. The molecule has 0 unspecified atom stereocenters. The molecule has 0 spiro atoms. The van der Waals surface area contributed by atoms with Crippen LogP contribution in [0.25, 0.3) is 11.3 Å². The minimum absolute atomic E-state index is 0.266. The highest BCUT2D eigenvalue weighted by atomic mass is 16.4. The normalized spacial score (nSPS) is 10.1. The van der Waals surface area contributed by atoms with Gasteiger partial charge in [-0.15, -0.1) is 0 Å². The Hall–Kier alpha value is -2.36. The third kappa shape index (κ3) is 2.32. The molecule has 0 bridgehead atoms. The molecule has 0 saturated carbocycles. The number of benzene rings is 1. The first-order valence-corrected chi connectivity index (χ1v) is 5.55.